The highest BCUT2D eigenvalue weighted by Gasteiger charge is 2.24. The van der Waals surface area contributed by atoms with Gasteiger partial charge >= 0.3 is 0 Å². The van der Waals surface area contributed by atoms with Gasteiger partial charge in [-0.15, -0.1) is 0 Å². The van der Waals surface area contributed by atoms with Crippen molar-refractivity contribution in [1.29, 1.82) is 0 Å². The first-order valence-corrected chi connectivity index (χ1v) is 6.66. The Labute approximate surface area is 118 Å². The van der Waals surface area contributed by atoms with Crippen molar-refractivity contribution in [2.45, 2.75) is 31.5 Å². The maximum absolute atomic E-state index is 12.1. The molecule has 1 aliphatic rings. The summed E-state index contributed by atoms with van der Waals surface area (Å²) in [7, 11) is 0. The van der Waals surface area contributed by atoms with Crippen LogP contribution in [0.4, 0.5) is 0 Å². The zero-order valence-corrected chi connectivity index (χ0v) is 11.4. The molecule has 20 heavy (non-hydrogen) atoms. The van der Waals surface area contributed by atoms with Crippen LogP contribution in [0.25, 0.3) is 0 Å². The summed E-state index contributed by atoms with van der Waals surface area (Å²) >= 11 is 0. The van der Waals surface area contributed by atoms with Crippen molar-refractivity contribution < 1.29 is 9.59 Å². The van der Waals surface area contributed by atoms with Crippen molar-refractivity contribution in [1.82, 2.24) is 10.6 Å². The van der Waals surface area contributed by atoms with E-state index in [1.54, 1.807) is 13.0 Å². The van der Waals surface area contributed by atoms with Gasteiger partial charge in [-0.2, -0.15) is 0 Å². The Bertz CT molecular complexity index is 511. The van der Waals surface area contributed by atoms with Crippen LogP contribution < -0.4 is 16.4 Å². The SMILES string of the molecule is C[C@H](N)C(=O)N[C@H]1C=CC[C@@H](c2ccccc2)NC1=O. The minimum atomic E-state index is -0.665. The average Bonchev–Trinajstić information content (AvgIpc) is 2.62. The van der Waals surface area contributed by atoms with Gasteiger partial charge in [-0.1, -0.05) is 42.5 Å². The first kappa shape index (κ1) is 14.3. The maximum atomic E-state index is 12.1. The van der Waals surface area contributed by atoms with E-state index >= 15 is 0 Å². The fourth-order valence-corrected chi connectivity index (χ4v) is 2.06. The van der Waals surface area contributed by atoms with E-state index < -0.39 is 12.1 Å². The van der Waals surface area contributed by atoms with Crippen LogP contribution in [-0.2, 0) is 9.59 Å². The summed E-state index contributed by atoms with van der Waals surface area (Å²) in [5.74, 6) is -0.561. The molecule has 0 radical (unpaired) electrons. The third-order valence-corrected chi connectivity index (χ3v) is 3.21. The molecule has 0 aromatic heterocycles. The highest BCUT2D eigenvalue weighted by Crippen LogP contribution is 2.19. The van der Waals surface area contributed by atoms with Crippen molar-refractivity contribution >= 4 is 11.8 Å². The Kier molecular flexibility index (Phi) is 4.53. The lowest BCUT2D eigenvalue weighted by Gasteiger charge is -2.19. The summed E-state index contributed by atoms with van der Waals surface area (Å²) in [6.07, 6.45) is 4.31. The van der Waals surface area contributed by atoms with Crippen LogP contribution in [0.2, 0.25) is 0 Å². The number of hydrogen-bond donors (Lipinski definition) is 3. The monoisotopic (exact) mass is 273 g/mol. The summed E-state index contributed by atoms with van der Waals surface area (Å²) in [5, 5.41) is 5.55. The standard InChI is InChI=1S/C15H19N3O2/c1-10(16)14(19)18-13-9-5-8-12(17-15(13)20)11-6-3-2-4-7-11/h2-7,9-10,12-13H,8,16H2,1H3,(H,17,20)(H,18,19)/t10-,12-,13-/m0/s1. The molecule has 0 spiro atoms. The van der Waals surface area contributed by atoms with Crippen molar-refractivity contribution in [2.24, 2.45) is 5.73 Å². The molecule has 1 aliphatic heterocycles. The number of amides is 2. The Hall–Kier alpha value is -2.14. The number of carbonyl (C=O) groups is 2. The molecule has 0 aliphatic carbocycles. The minimum Gasteiger partial charge on any atom is -0.347 e. The average molecular weight is 273 g/mol. The van der Waals surface area contributed by atoms with Gasteiger partial charge in [0.1, 0.15) is 6.04 Å². The van der Waals surface area contributed by atoms with Gasteiger partial charge < -0.3 is 16.4 Å². The molecule has 1 heterocycles. The fourth-order valence-electron chi connectivity index (χ4n) is 2.06. The number of carbonyl (C=O) groups excluding carboxylic acids is 2. The van der Waals surface area contributed by atoms with E-state index in [1.807, 2.05) is 36.4 Å². The molecule has 0 unspecified atom stereocenters. The molecule has 4 N–H and O–H groups in total. The molecule has 106 valence electrons. The minimum absolute atomic E-state index is 0.0721. The quantitative estimate of drug-likeness (QED) is 0.706. The van der Waals surface area contributed by atoms with Crippen LogP contribution in [-0.4, -0.2) is 23.9 Å². The highest BCUT2D eigenvalue weighted by molar-refractivity contribution is 5.91. The zero-order valence-electron chi connectivity index (χ0n) is 11.4. The van der Waals surface area contributed by atoms with Crippen LogP contribution >= 0.6 is 0 Å². The molecular weight excluding hydrogens is 254 g/mol. The molecule has 2 amide bonds. The van der Waals surface area contributed by atoms with E-state index in [-0.39, 0.29) is 17.9 Å². The summed E-state index contributed by atoms with van der Waals surface area (Å²) in [6, 6.07) is 8.38. The number of rotatable bonds is 3. The zero-order chi connectivity index (χ0) is 14.5. The van der Waals surface area contributed by atoms with Crippen molar-refractivity contribution in [3.63, 3.8) is 0 Å². The molecule has 1 aromatic rings. The topological polar surface area (TPSA) is 84.2 Å². The van der Waals surface area contributed by atoms with Gasteiger partial charge in [-0.25, -0.2) is 0 Å². The van der Waals surface area contributed by atoms with E-state index in [0.717, 1.165) is 5.56 Å². The summed E-state index contributed by atoms with van der Waals surface area (Å²) in [4.78, 5) is 23.7. The Balaban J connectivity index is 2.06. The van der Waals surface area contributed by atoms with Crippen molar-refractivity contribution in [3.05, 3.63) is 48.0 Å². The Morgan fingerprint density at radius 1 is 1.40 bits per heavy atom. The van der Waals surface area contributed by atoms with Gasteiger partial charge in [-0.05, 0) is 18.9 Å². The lowest BCUT2D eigenvalue weighted by Crippen LogP contribution is -2.49. The van der Waals surface area contributed by atoms with Gasteiger partial charge in [0, 0.05) is 0 Å². The number of hydrogen-bond acceptors (Lipinski definition) is 3. The van der Waals surface area contributed by atoms with Crippen LogP contribution in [0.3, 0.4) is 0 Å². The summed E-state index contributed by atoms with van der Waals surface area (Å²) in [6.45, 7) is 1.58. The molecule has 5 nitrogen and oxygen atoms in total. The number of nitrogens with two attached hydrogens (primary N) is 1. The lowest BCUT2D eigenvalue weighted by molar-refractivity contribution is -0.128. The van der Waals surface area contributed by atoms with E-state index in [4.69, 9.17) is 5.73 Å². The van der Waals surface area contributed by atoms with Crippen LogP contribution in [0.1, 0.15) is 24.9 Å². The highest BCUT2D eigenvalue weighted by atomic mass is 16.2. The lowest BCUT2D eigenvalue weighted by atomic mass is 10.0. The van der Waals surface area contributed by atoms with E-state index in [0.29, 0.717) is 6.42 Å². The van der Waals surface area contributed by atoms with Crippen LogP contribution in [0.15, 0.2) is 42.5 Å². The molecule has 0 saturated heterocycles. The fraction of sp³-hybridized carbons (Fsp3) is 0.333. The molecule has 0 saturated carbocycles. The normalized spacial score (nSPS) is 23.6. The third kappa shape index (κ3) is 3.45. The molecule has 1 aromatic carbocycles. The van der Waals surface area contributed by atoms with Gasteiger partial charge in [0.15, 0.2) is 0 Å². The first-order valence-electron chi connectivity index (χ1n) is 6.66. The molecule has 3 atom stereocenters. The molecule has 5 heteroatoms. The molecule has 2 rings (SSSR count). The first-order chi connectivity index (χ1) is 9.58. The second-order valence-electron chi connectivity index (χ2n) is 4.91. The molecule has 0 bridgehead atoms. The largest absolute Gasteiger partial charge is 0.347 e. The van der Waals surface area contributed by atoms with E-state index in [9.17, 15) is 9.59 Å². The number of nitrogens with one attached hydrogen (secondary N) is 2. The van der Waals surface area contributed by atoms with Crippen molar-refractivity contribution in [2.75, 3.05) is 0 Å². The van der Waals surface area contributed by atoms with Gasteiger partial charge in [0.25, 0.3) is 0 Å². The van der Waals surface area contributed by atoms with E-state index in [1.165, 1.54) is 0 Å². The van der Waals surface area contributed by atoms with E-state index in [2.05, 4.69) is 10.6 Å². The molecule has 0 fully saturated rings. The van der Waals surface area contributed by atoms with Crippen LogP contribution in [0.5, 0.6) is 0 Å². The van der Waals surface area contributed by atoms with Gasteiger partial charge in [0.05, 0.1) is 12.1 Å². The van der Waals surface area contributed by atoms with Crippen LogP contribution in [0, 0.1) is 0 Å². The summed E-state index contributed by atoms with van der Waals surface area (Å²) in [5.41, 5.74) is 6.53. The smallest absolute Gasteiger partial charge is 0.247 e. The summed E-state index contributed by atoms with van der Waals surface area (Å²) < 4.78 is 0. The van der Waals surface area contributed by atoms with Crippen molar-refractivity contribution in [3.8, 4) is 0 Å². The second kappa shape index (κ2) is 6.34. The van der Waals surface area contributed by atoms with Gasteiger partial charge in [-0.3, -0.25) is 9.59 Å². The second-order valence-corrected chi connectivity index (χ2v) is 4.91. The predicted octanol–water partition coefficient (Wildman–Crippen LogP) is 0.636. The maximum Gasteiger partial charge on any atom is 0.247 e. The predicted molar refractivity (Wildman–Crippen MR) is 76.7 cm³/mol. The molecular formula is C15H19N3O2. The third-order valence-electron chi connectivity index (χ3n) is 3.21. The Morgan fingerprint density at radius 2 is 2.10 bits per heavy atom. The van der Waals surface area contributed by atoms with Gasteiger partial charge in [0.2, 0.25) is 11.8 Å². The number of benzene rings is 1. The Morgan fingerprint density at radius 3 is 2.75 bits per heavy atom.